The van der Waals surface area contributed by atoms with Crippen LogP contribution in [-0.4, -0.2) is 187 Å². The number of phenols is 1. The number of rotatable bonds is 32. The Labute approximate surface area is 530 Å². The van der Waals surface area contributed by atoms with Gasteiger partial charge >= 0.3 is 6.03 Å². The SMILES string of the molecule is CC(C)C[C@H](NC(=O)[C@@H](CCOC(C)(C)C)NC(=O)[C@H](Cc1ccc(O)cc1)NC(=O)[C@H](CO)NC(=O)[C@H](Cc1c[nH]c2ccccc12)NC(=O)[C@H](Cc1cnc[nH]1)NC(=O)[C@@H]1CCC(=O)N1)C(=O)N[C@@H](CCCN=C(N)N)C(=O)N1CCC[C@H]1C(=O)NNC(N)=O. The highest BCUT2D eigenvalue weighted by molar-refractivity contribution is 5.99. The van der Waals surface area contributed by atoms with E-state index in [1.165, 1.54) is 41.7 Å². The van der Waals surface area contributed by atoms with E-state index < -0.39 is 126 Å². The van der Waals surface area contributed by atoms with Gasteiger partial charge in [-0.1, -0.05) is 44.2 Å². The average Bonchev–Trinajstić information content (AvgIpc) is 2.09. The Bertz CT molecular complexity index is 3250. The van der Waals surface area contributed by atoms with E-state index in [4.69, 9.17) is 21.9 Å². The lowest BCUT2D eigenvalue weighted by molar-refractivity contribution is -0.142. The van der Waals surface area contributed by atoms with Crippen molar-refractivity contribution >= 4 is 82.0 Å². The number of primary amides is 1. The van der Waals surface area contributed by atoms with Crippen LogP contribution < -0.4 is 70.6 Å². The van der Waals surface area contributed by atoms with Crippen molar-refractivity contribution in [3.05, 3.63) is 84.1 Å². The first-order chi connectivity index (χ1) is 43.7. The zero-order chi connectivity index (χ0) is 67.2. The molecule has 32 heteroatoms. The molecular weight excluding hydrogens is 1200 g/mol. The van der Waals surface area contributed by atoms with Crippen molar-refractivity contribution in [2.75, 3.05) is 26.3 Å². The Kier molecular flexibility index (Phi) is 26.2. The summed E-state index contributed by atoms with van der Waals surface area (Å²) in [5.41, 5.74) is 21.8. The largest absolute Gasteiger partial charge is 0.508 e. The molecule has 20 N–H and O–H groups in total. The number of para-hydroxylation sites is 1. The Morgan fingerprint density at radius 3 is 1.95 bits per heavy atom. The van der Waals surface area contributed by atoms with Gasteiger partial charge in [-0.05, 0) is 101 Å². The third-order valence-corrected chi connectivity index (χ3v) is 15.1. The summed E-state index contributed by atoms with van der Waals surface area (Å²) in [4.78, 5) is 167. The second kappa shape index (κ2) is 33.8. The van der Waals surface area contributed by atoms with Crippen LogP contribution in [0.25, 0.3) is 10.9 Å². The van der Waals surface area contributed by atoms with Crippen molar-refractivity contribution in [2.45, 2.75) is 165 Å². The van der Waals surface area contributed by atoms with Gasteiger partial charge in [0, 0.05) is 74.4 Å². The molecule has 2 aromatic heterocycles. The van der Waals surface area contributed by atoms with Crippen molar-refractivity contribution in [3.63, 3.8) is 0 Å². The number of nitrogens with one attached hydrogen (secondary N) is 12. The molecule has 0 saturated carbocycles. The molecule has 0 radical (unpaired) electrons. The standard InChI is InChI=1S/C60H86N18O14/c1-32(2)24-42(51(84)70-41(12-8-21-65-58(61)62)57(90)78-22-9-13-47(78)56(89)76-77-59(63)91)71-50(83)40(20-23-92-60(3,4)5)69-52(85)43(25-33-14-16-36(80)17-15-33)72-55(88)46(30-79)75-53(86)44(26-34-28-66-38-11-7-6-10-37(34)38)73-54(87)45(27-35-29-64-31-67-35)74-49(82)39-18-19-48(81)68-39/h6-7,10-11,14-17,28-29,31-32,39-47,66,79-80H,8-9,12-13,18-27,30H2,1-5H3,(H,64,67)(H,68,81)(H,69,85)(H,70,84)(H,71,83)(H,72,88)(H,73,87)(H,74,82)(H,75,86)(H,76,89)(H4,61,62,65)(H3,63,77,91)/t39-,40+,41-,42-,43-,44-,45-,46-,47-/m0/s1. The van der Waals surface area contributed by atoms with Crippen LogP contribution in [0.5, 0.6) is 5.75 Å². The topological polar surface area (TPSA) is 496 Å². The fourth-order valence-corrected chi connectivity index (χ4v) is 10.5. The molecule has 12 amide bonds. The minimum Gasteiger partial charge on any atom is -0.508 e. The number of fused-ring (bicyclic) bond motifs is 1. The monoisotopic (exact) mass is 1280 g/mol. The number of benzene rings is 2. The summed E-state index contributed by atoms with van der Waals surface area (Å²) in [6.07, 6.45) is 4.76. The molecule has 0 unspecified atom stereocenters. The zero-order valence-corrected chi connectivity index (χ0v) is 52.1. The number of phenolic OH excluding ortho intramolecular Hbond substituents is 1. The number of imidazole rings is 1. The number of carbonyl (C=O) groups excluding carboxylic acids is 11. The summed E-state index contributed by atoms with van der Waals surface area (Å²) in [7, 11) is 0. The molecule has 92 heavy (non-hydrogen) atoms. The van der Waals surface area contributed by atoms with Gasteiger partial charge in [-0.15, -0.1) is 0 Å². The van der Waals surface area contributed by atoms with Gasteiger partial charge in [-0.3, -0.25) is 58.4 Å². The van der Waals surface area contributed by atoms with Crippen LogP contribution >= 0.6 is 0 Å². The molecule has 2 aliphatic rings. The molecule has 6 rings (SSSR count). The van der Waals surface area contributed by atoms with Crippen LogP contribution in [0.15, 0.2) is 72.2 Å². The van der Waals surface area contributed by atoms with E-state index in [2.05, 4.69) is 67.9 Å². The van der Waals surface area contributed by atoms with Gasteiger partial charge in [0.1, 0.15) is 60.1 Å². The van der Waals surface area contributed by atoms with Crippen molar-refractivity contribution in [2.24, 2.45) is 28.1 Å². The first kappa shape index (κ1) is 71.2. The minimum atomic E-state index is -1.80. The number of aromatic amines is 2. The number of hydrogen-bond donors (Lipinski definition) is 17. The molecule has 32 nitrogen and oxygen atoms in total. The maximum Gasteiger partial charge on any atom is 0.330 e. The minimum absolute atomic E-state index is 0.0168. The number of urea groups is 1. The number of aromatic hydroxyl groups is 1. The first-order valence-electron chi connectivity index (χ1n) is 30.4. The quantitative estimate of drug-likeness (QED) is 0.0102. The van der Waals surface area contributed by atoms with E-state index in [0.29, 0.717) is 34.1 Å². The summed E-state index contributed by atoms with van der Waals surface area (Å²) in [5, 5.41) is 42.9. The van der Waals surface area contributed by atoms with Crippen LogP contribution in [0.3, 0.4) is 0 Å². The summed E-state index contributed by atoms with van der Waals surface area (Å²) in [5.74, 6) is -8.44. The van der Waals surface area contributed by atoms with Crippen LogP contribution in [0.1, 0.15) is 103 Å². The number of aliphatic hydroxyl groups excluding tert-OH is 1. The summed E-state index contributed by atoms with van der Waals surface area (Å²) in [6.45, 7) is 7.92. The molecule has 2 fully saturated rings. The molecule has 2 aromatic carbocycles. The number of ether oxygens (including phenoxy) is 1. The number of likely N-dealkylation sites (tertiary alicyclic amines) is 1. The number of aliphatic hydroxyl groups is 1. The van der Waals surface area contributed by atoms with Crippen molar-refractivity contribution in [1.82, 2.24) is 73.2 Å². The lowest BCUT2D eigenvalue weighted by Gasteiger charge is -2.31. The van der Waals surface area contributed by atoms with Crippen molar-refractivity contribution < 1.29 is 67.7 Å². The van der Waals surface area contributed by atoms with Crippen LogP contribution in [0.2, 0.25) is 0 Å². The van der Waals surface area contributed by atoms with E-state index >= 15 is 0 Å². The number of aromatic nitrogens is 3. The van der Waals surface area contributed by atoms with Gasteiger partial charge in [0.15, 0.2) is 5.96 Å². The molecule has 2 saturated heterocycles. The molecular formula is C60H86N18O14. The third kappa shape index (κ3) is 22.0. The maximum atomic E-state index is 14.8. The van der Waals surface area contributed by atoms with Gasteiger partial charge in [0.05, 0.1) is 18.5 Å². The average molecular weight is 1280 g/mol. The summed E-state index contributed by atoms with van der Waals surface area (Å²) >= 11 is 0. The number of aliphatic imine (C=N–C) groups is 1. The number of carbonyl (C=O) groups is 11. The number of nitrogens with zero attached hydrogens (tertiary/aromatic N) is 3. The first-order valence-corrected chi connectivity index (χ1v) is 30.4. The predicted octanol–water partition coefficient (Wildman–Crippen LogP) is -2.72. The molecule has 500 valence electrons. The fourth-order valence-electron chi connectivity index (χ4n) is 10.5. The second-order valence-corrected chi connectivity index (χ2v) is 24.0. The lowest BCUT2D eigenvalue weighted by atomic mass is 10.0. The van der Waals surface area contributed by atoms with Gasteiger partial charge in [0.25, 0.3) is 5.91 Å². The molecule has 2 aliphatic heterocycles. The molecule has 4 aromatic rings. The molecule has 0 spiro atoms. The maximum absolute atomic E-state index is 14.8. The van der Waals surface area contributed by atoms with Crippen LogP contribution in [-0.2, 0) is 71.9 Å². The Balaban J connectivity index is 1.25. The smallest absolute Gasteiger partial charge is 0.330 e. The second-order valence-electron chi connectivity index (χ2n) is 24.0. The number of nitrogens with two attached hydrogens (primary N) is 3. The number of amides is 12. The number of hydrogen-bond acceptors (Lipinski definition) is 16. The van der Waals surface area contributed by atoms with Crippen LogP contribution in [0, 0.1) is 5.92 Å². The Hall–Kier alpha value is -9.85. The molecule has 9 atom stereocenters. The number of guanidine groups is 1. The number of hydrazine groups is 1. The third-order valence-electron chi connectivity index (χ3n) is 15.1. The van der Waals surface area contributed by atoms with Crippen LogP contribution in [0.4, 0.5) is 4.79 Å². The van der Waals surface area contributed by atoms with Gasteiger partial charge < -0.3 is 89.6 Å². The van der Waals surface area contributed by atoms with Gasteiger partial charge in [0.2, 0.25) is 53.2 Å². The van der Waals surface area contributed by atoms with E-state index in [0.717, 1.165) is 0 Å². The highest BCUT2D eigenvalue weighted by atomic mass is 16.5. The zero-order valence-electron chi connectivity index (χ0n) is 52.1. The lowest BCUT2D eigenvalue weighted by Crippen LogP contribution is -2.61. The Morgan fingerprint density at radius 2 is 1.33 bits per heavy atom. The number of H-pyrrole nitrogens is 2. The Morgan fingerprint density at radius 1 is 0.717 bits per heavy atom. The van der Waals surface area contributed by atoms with Gasteiger partial charge in [-0.2, -0.15) is 0 Å². The van der Waals surface area contributed by atoms with E-state index in [9.17, 15) is 63.0 Å². The highest BCUT2D eigenvalue weighted by Gasteiger charge is 2.40. The summed E-state index contributed by atoms with van der Waals surface area (Å²) < 4.78 is 5.98. The normalized spacial score (nSPS) is 16.9. The van der Waals surface area contributed by atoms with E-state index in [1.807, 2.05) is 5.43 Å². The fraction of sp³-hybridized carbons (Fsp3) is 0.517. The van der Waals surface area contributed by atoms with Gasteiger partial charge in [-0.25, -0.2) is 15.2 Å². The molecule has 0 aliphatic carbocycles. The van der Waals surface area contributed by atoms with E-state index in [-0.39, 0.29) is 107 Å². The highest BCUT2D eigenvalue weighted by Crippen LogP contribution is 2.22. The van der Waals surface area contributed by atoms with Crippen molar-refractivity contribution in [3.8, 4) is 5.75 Å². The molecule has 4 heterocycles. The molecule has 0 bridgehead atoms. The predicted molar refractivity (Wildman–Crippen MR) is 333 cm³/mol. The van der Waals surface area contributed by atoms with E-state index in [1.54, 1.807) is 65.1 Å². The summed E-state index contributed by atoms with van der Waals surface area (Å²) in [6, 6.07) is -0.514. The van der Waals surface area contributed by atoms with Crippen molar-refractivity contribution in [1.29, 1.82) is 0 Å².